The Labute approximate surface area is 298 Å². The first-order chi connectivity index (χ1) is 24.8. The number of hydrogen-bond donors (Lipinski definition) is 0. The number of para-hydroxylation sites is 2. The van der Waals surface area contributed by atoms with Gasteiger partial charge < -0.3 is 4.90 Å². The second-order valence-electron chi connectivity index (χ2n) is 14.7. The van der Waals surface area contributed by atoms with E-state index in [9.17, 15) is 9.59 Å². The maximum Gasteiger partial charge on any atom is 0.178 e. The zero-order valence-corrected chi connectivity index (χ0v) is 28.9. The van der Waals surface area contributed by atoms with Crippen molar-refractivity contribution in [2.75, 3.05) is 4.90 Å². The molecule has 7 aromatic rings. The summed E-state index contributed by atoms with van der Waals surface area (Å²) in [5.74, 6) is -1.16. The molecule has 0 N–H and O–H groups in total. The number of benzene rings is 7. The van der Waals surface area contributed by atoms with Crippen LogP contribution in [-0.4, -0.2) is 11.6 Å². The first-order valence-electron chi connectivity index (χ1n) is 17.6. The minimum absolute atomic E-state index is 0.0265. The van der Waals surface area contributed by atoms with E-state index in [1.54, 1.807) is 0 Å². The SMILES string of the molecule is CC(C)(C)c1ccc(C2C(=O)c3cccc4c(N5c6ccccc6C(c6ccccc6)(c6ccccc6)c6ccccc65)ccc(c34)C2=O)cc1. The molecule has 0 spiro atoms. The summed E-state index contributed by atoms with van der Waals surface area (Å²) in [7, 11) is 0. The molecule has 0 amide bonds. The number of carbonyl (C=O) groups excluding carboxylic acids is 2. The Morgan fingerprint density at radius 2 is 1.00 bits per heavy atom. The molecule has 3 heteroatoms. The predicted octanol–water partition coefficient (Wildman–Crippen LogP) is 11.5. The lowest BCUT2D eigenvalue weighted by Gasteiger charge is -2.46. The Balaban J connectivity index is 1.26. The maximum absolute atomic E-state index is 14.3. The highest BCUT2D eigenvalue weighted by Crippen LogP contribution is 2.58. The second-order valence-corrected chi connectivity index (χ2v) is 14.7. The smallest absolute Gasteiger partial charge is 0.178 e. The summed E-state index contributed by atoms with van der Waals surface area (Å²) in [4.78, 5) is 31.0. The third kappa shape index (κ3) is 4.51. The molecule has 1 heterocycles. The summed E-state index contributed by atoms with van der Waals surface area (Å²) < 4.78 is 0. The lowest BCUT2D eigenvalue weighted by molar-refractivity contribution is 0.0856. The Morgan fingerprint density at radius 3 is 1.55 bits per heavy atom. The number of carbonyl (C=O) groups is 2. The van der Waals surface area contributed by atoms with Crippen LogP contribution in [0.4, 0.5) is 17.1 Å². The molecular weight excluding hydrogens is 623 g/mol. The molecule has 0 radical (unpaired) electrons. The summed E-state index contributed by atoms with van der Waals surface area (Å²) in [5, 5.41) is 1.61. The molecule has 0 fully saturated rings. The minimum Gasteiger partial charge on any atom is -0.309 e. The molecule has 2 aliphatic rings. The molecule has 0 saturated carbocycles. The zero-order chi connectivity index (χ0) is 34.9. The Kier molecular flexibility index (Phi) is 6.98. The van der Waals surface area contributed by atoms with Gasteiger partial charge in [-0.05, 0) is 63.1 Å². The zero-order valence-electron chi connectivity index (χ0n) is 28.9. The van der Waals surface area contributed by atoms with Gasteiger partial charge in [0.25, 0.3) is 0 Å². The molecule has 1 atom stereocenters. The number of Topliss-reactive ketones (excluding diaryl/α,β-unsaturated/α-hetero) is 2. The van der Waals surface area contributed by atoms with E-state index in [0.29, 0.717) is 11.1 Å². The van der Waals surface area contributed by atoms with Crippen LogP contribution in [0.1, 0.15) is 80.8 Å². The molecule has 1 aliphatic carbocycles. The van der Waals surface area contributed by atoms with Crippen LogP contribution in [0.15, 0.2) is 164 Å². The molecule has 0 saturated heterocycles. The van der Waals surface area contributed by atoms with Crippen molar-refractivity contribution >= 4 is 39.4 Å². The quantitative estimate of drug-likeness (QED) is 0.176. The lowest BCUT2D eigenvalue weighted by atomic mass is 9.62. The molecular formula is C48H37NO2. The lowest BCUT2D eigenvalue weighted by Crippen LogP contribution is -2.37. The van der Waals surface area contributed by atoms with Crippen LogP contribution in [0.25, 0.3) is 10.8 Å². The van der Waals surface area contributed by atoms with Crippen molar-refractivity contribution in [1.29, 1.82) is 0 Å². The highest BCUT2D eigenvalue weighted by Gasteiger charge is 2.47. The van der Waals surface area contributed by atoms with Gasteiger partial charge in [-0.1, -0.05) is 160 Å². The fraction of sp³-hybridized carbons (Fsp3) is 0.125. The van der Waals surface area contributed by atoms with Gasteiger partial charge in [0, 0.05) is 21.9 Å². The van der Waals surface area contributed by atoms with Crippen molar-refractivity contribution in [3.63, 3.8) is 0 Å². The summed E-state index contributed by atoms with van der Waals surface area (Å²) in [6, 6.07) is 56.7. The highest BCUT2D eigenvalue weighted by molar-refractivity contribution is 6.33. The van der Waals surface area contributed by atoms with Crippen molar-refractivity contribution < 1.29 is 9.59 Å². The molecule has 51 heavy (non-hydrogen) atoms. The van der Waals surface area contributed by atoms with E-state index in [1.807, 2.05) is 42.5 Å². The van der Waals surface area contributed by atoms with Gasteiger partial charge in [0.15, 0.2) is 11.6 Å². The summed E-state index contributed by atoms with van der Waals surface area (Å²) in [6.07, 6.45) is 0. The minimum atomic E-state index is -0.864. The van der Waals surface area contributed by atoms with Crippen LogP contribution in [-0.2, 0) is 10.8 Å². The summed E-state index contributed by atoms with van der Waals surface area (Å²) >= 11 is 0. The van der Waals surface area contributed by atoms with Crippen LogP contribution in [0, 0.1) is 0 Å². The van der Waals surface area contributed by atoms with Crippen molar-refractivity contribution in [2.45, 2.75) is 37.5 Å². The largest absolute Gasteiger partial charge is 0.309 e. The third-order valence-corrected chi connectivity index (χ3v) is 10.9. The van der Waals surface area contributed by atoms with Crippen molar-refractivity contribution in [3.8, 4) is 0 Å². The number of rotatable bonds is 4. The van der Waals surface area contributed by atoms with Crippen LogP contribution in [0.3, 0.4) is 0 Å². The Morgan fingerprint density at radius 1 is 0.490 bits per heavy atom. The third-order valence-electron chi connectivity index (χ3n) is 10.9. The van der Waals surface area contributed by atoms with Gasteiger partial charge in [-0.15, -0.1) is 0 Å². The molecule has 3 nitrogen and oxygen atoms in total. The number of ketones is 2. The van der Waals surface area contributed by atoms with Crippen LogP contribution in [0.5, 0.6) is 0 Å². The summed E-state index contributed by atoms with van der Waals surface area (Å²) in [5.41, 5.74) is 10.2. The van der Waals surface area contributed by atoms with Crippen molar-refractivity contribution in [1.82, 2.24) is 0 Å². The molecule has 0 bridgehead atoms. The summed E-state index contributed by atoms with van der Waals surface area (Å²) in [6.45, 7) is 6.49. The molecule has 1 aliphatic heterocycles. The average Bonchev–Trinajstić information content (AvgIpc) is 3.16. The first kappa shape index (κ1) is 31.0. The topological polar surface area (TPSA) is 37.4 Å². The average molecular weight is 660 g/mol. The van der Waals surface area contributed by atoms with Gasteiger partial charge in [-0.3, -0.25) is 9.59 Å². The van der Waals surface area contributed by atoms with E-state index in [0.717, 1.165) is 44.5 Å². The van der Waals surface area contributed by atoms with Gasteiger partial charge in [0.1, 0.15) is 5.92 Å². The first-order valence-corrected chi connectivity index (χ1v) is 17.6. The van der Waals surface area contributed by atoms with Crippen LogP contribution in [0.2, 0.25) is 0 Å². The van der Waals surface area contributed by atoms with E-state index < -0.39 is 11.3 Å². The van der Waals surface area contributed by atoms with Gasteiger partial charge in [0.2, 0.25) is 0 Å². The number of hydrogen-bond acceptors (Lipinski definition) is 3. The number of anilines is 3. The molecule has 7 aromatic carbocycles. The Bertz CT molecular complexity index is 2380. The van der Waals surface area contributed by atoms with Gasteiger partial charge in [0.05, 0.1) is 22.5 Å². The van der Waals surface area contributed by atoms with Crippen molar-refractivity contribution in [2.24, 2.45) is 0 Å². The fourth-order valence-corrected chi connectivity index (χ4v) is 8.58. The van der Waals surface area contributed by atoms with Gasteiger partial charge in [-0.2, -0.15) is 0 Å². The normalized spacial score (nSPS) is 16.1. The monoisotopic (exact) mass is 659 g/mol. The number of nitrogens with zero attached hydrogens (tertiary/aromatic N) is 1. The molecule has 9 rings (SSSR count). The molecule has 1 unspecified atom stereocenters. The van der Waals surface area contributed by atoms with Crippen molar-refractivity contribution in [3.05, 3.63) is 208 Å². The Hall–Kier alpha value is -6.06. The van der Waals surface area contributed by atoms with E-state index in [-0.39, 0.29) is 17.0 Å². The molecule has 0 aromatic heterocycles. The standard InChI is InChI=1S/C48H37NO2/c1-47(2,3)32-27-25-31(26-28-32)43-45(50)36-20-14-19-35-40(30-29-37(44(35)36)46(43)51)49-41-23-12-10-21-38(41)48(33-15-6-4-7-16-33,34-17-8-5-9-18-34)39-22-11-13-24-42(39)49/h4-30,43H,1-3H3. The van der Waals surface area contributed by atoms with Crippen LogP contribution < -0.4 is 4.90 Å². The maximum atomic E-state index is 14.3. The fourth-order valence-electron chi connectivity index (χ4n) is 8.58. The van der Waals surface area contributed by atoms with Gasteiger partial charge >= 0.3 is 0 Å². The van der Waals surface area contributed by atoms with Crippen LogP contribution >= 0.6 is 0 Å². The van der Waals surface area contributed by atoms with E-state index >= 15 is 0 Å². The number of fused-ring (bicyclic) bond motifs is 2. The predicted molar refractivity (Wildman–Crippen MR) is 207 cm³/mol. The highest BCUT2D eigenvalue weighted by atomic mass is 16.2. The van der Waals surface area contributed by atoms with Gasteiger partial charge in [-0.25, -0.2) is 0 Å². The van der Waals surface area contributed by atoms with E-state index in [2.05, 4.69) is 147 Å². The molecule has 246 valence electrons. The van der Waals surface area contributed by atoms with E-state index in [1.165, 1.54) is 16.7 Å². The van der Waals surface area contributed by atoms with E-state index in [4.69, 9.17) is 0 Å². The second kappa shape index (κ2) is 11.5.